The molecule has 3 heteroatoms. The highest BCUT2D eigenvalue weighted by molar-refractivity contribution is 6.83. The average Bonchev–Trinajstić information content (AvgIpc) is 2.47. The van der Waals surface area contributed by atoms with Crippen molar-refractivity contribution in [2.75, 3.05) is 7.11 Å². The van der Waals surface area contributed by atoms with Gasteiger partial charge in [0.25, 0.3) is 0 Å². The standard InChI is InChI=1S/C21H32O2Si/c1-20(2)10-11-21(3,4)19-15(9-12-24(6,7)8)16(14-22)18(23-5)13-17(19)20/h13,22H,10-11,14H2,1-8H3. The van der Waals surface area contributed by atoms with E-state index in [1.165, 1.54) is 11.1 Å². The van der Waals surface area contributed by atoms with Crippen LogP contribution in [-0.4, -0.2) is 20.3 Å². The Morgan fingerprint density at radius 1 is 1.12 bits per heavy atom. The molecule has 1 aliphatic rings. The summed E-state index contributed by atoms with van der Waals surface area (Å²) in [6, 6.07) is 2.14. The molecule has 1 aliphatic carbocycles. The first-order chi connectivity index (χ1) is 10.9. The number of hydrogen-bond acceptors (Lipinski definition) is 2. The van der Waals surface area contributed by atoms with Gasteiger partial charge < -0.3 is 9.84 Å². The SMILES string of the molecule is COc1cc2c(c(C#C[Si](C)(C)C)c1CO)C(C)(C)CCC2(C)C. The van der Waals surface area contributed by atoms with E-state index >= 15 is 0 Å². The van der Waals surface area contributed by atoms with Gasteiger partial charge in [0, 0.05) is 11.1 Å². The Bertz CT molecular complexity index is 697. The Morgan fingerprint density at radius 2 is 1.71 bits per heavy atom. The molecule has 1 aromatic rings. The molecule has 0 spiro atoms. The van der Waals surface area contributed by atoms with Crippen LogP contribution in [0.2, 0.25) is 19.6 Å². The lowest BCUT2D eigenvalue weighted by Crippen LogP contribution is -2.35. The van der Waals surface area contributed by atoms with Crippen LogP contribution in [0.4, 0.5) is 0 Å². The lowest BCUT2D eigenvalue weighted by atomic mass is 9.61. The summed E-state index contributed by atoms with van der Waals surface area (Å²) in [6.45, 7) is 15.9. The van der Waals surface area contributed by atoms with Crippen molar-refractivity contribution in [1.82, 2.24) is 0 Å². The normalized spacial score (nSPS) is 18.4. The topological polar surface area (TPSA) is 29.5 Å². The van der Waals surface area contributed by atoms with E-state index in [2.05, 4.69) is 64.9 Å². The van der Waals surface area contributed by atoms with E-state index in [1.54, 1.807) is 7.11 Å². The van der Waals surface area contributed by atoms with E-state index in [0.717, 1.165) is 29.7 Å². The molecule has 2 nitrogen and oxygen atoms in total. The van der Waals surface area contributed by atoms with Gasteiger partial charge >= 0.3 is 0 Å². The van der Waals surface area contributed by atoms with Crippen LogP contribution in [0.5, 0.6) is 5.75 Å². The van der Waals surface area contributed by atoms with Crippen LogP contribution in [0.25, 0.3) is 0 Å². The number of hydrogen-bond donors (Lipinski definition) is 1. The summed E-state index contributed by atoms with van der Waals surface area (Å²) in [5.41, 5.74) is 8.15. The third-order valence-electron chi connectivity index (χ3n) is 5.12. The number of fused-ring (bicyclic) bond motifs is 1. The van der Waals surface area contributed by atoms with Gasteiger partial charge in [-0.15, -0.1) is 5.54 Å². The number of ether oxygens (including phenoxy) is 1. The van der Waals surface area contributed by atoms with E-state index < -0.39 is 8.07 Å². The zero-order valence-corrected chi connectivity index (χ0v) is 17.6. The third-order valence-corrected chi connectivity index (χ3v) is 5.99. The van der Waals surface area contributed by atoms with E-state index in [-0.39, 0.29) is 17.4 Å². The van der Waals surface area contributed by atoms with E-state index in [4.69, 9.17) is 4.74 Å². The third kappa shape index (κ3) is 3.55. The molecule has 1 aromatic carbocycles. The van der Waals surface area contributed by atoms with Gasteiger partial charge in [0.2, 0.25) is 0 Å². The van der Waals surface area contributed by atoms with Crippen molar-refractivity contribution in [3.05, 3.63) is 28.3 Å². The van der Waals surface area contributed by atoms with Crippen molar-refractivity contribution in [3.8, 4) is 17.2 Å². The molecule has 0 heterocycles. The predicted octanol–water partition coefficient (Wildman–Crippen LogP) is 4.77. The minimum atomic E-state index is -1.51. The van der Waals surface area contributed by atoms with Gasteiger partial charge in [0.15, 0.2) is 0 Å². The molecular weight excluding hydrogens is 312 g/mol. The Kier molecular flexibility index (Phi) is 4.96. The molecule has 0 unspecified atom stereocenters. The van der Waals surface area contributed by atoms with Gasteiger partial charge in [0.1, 0.15) is 13.8 Å². The second-order valence-electron chi connectivity index (χ2n) is 9.28. The number of benzene rings is 1. The maximum atomic E-state index is 10.0. The quantitative estimate of drug-likeness (QED) is 0.619. The van der Waals surface area contributed by atoms with Crippen LogP contribution >= 0.6 is 0 Å². The van der Waals surface area contributed by atoms with Crippen LogP contribution in [0.3, 0.4) is 0 Å². The summed E-state index contributed by atoms with van der Waals surface area (Å²) >= 11 is 0. The molecule has 1 N–H and O–H groups in total. The van der Waals surface area contributed by atoms with Crippen molar-refractivity contribution in [3.63, 3.8) is 0 Å². The Labute approximate surface area is 148 Å². The van der Waals surface area contributed by atoms with Gasteiger partial charge in [-0.1, -0.05) is 53.3 Å². The largest absolute Gasteiger partial charge is 0.496 e. The summed E-state index contributed by atoms with van der Waals surface area (Å²) in [4.78, 5) is 0. The minimum Gasteiger partial charge on any atom is -0.496 e. The molecule has 24 heavy (non-hydrogen) atoms. The first-order valence-corrected chi connectivity index (χ1v) is 12.3. The maximum Gasteiger partial charge on any atom is 0.129 e. The van der Waals surface area contributed by atoms with Gasteiger partial charge in [-0.3, -0.25) is 0 Å². The fourth-order valence-corrected chi connectivity index (χ4v) is 4.05. The zero-order valence-electron chi connectivity index (χ0n) is 16.6. The van der Waals surface area contributed by atoms with Crippen LogP contribution in [-0.2, 0) is 17.4 Å². The summed E-state index contributed by atoms with van der Waals surface area (Å²) in [5.74, 6) is 4.24. The smallest absolute Gasteiger partial charge is 0.129 e. The van der Waals surface area contributed by atoms with Crippen molar-refractivity contribution in [2.24, 2.45) is 0 Å². The van der Waals surface area contributed by atoms with Crippen LogP contribution < -0.4 is 4.74 Å². The Balaban J connectivity index is 2.90. The second-order valence-corrected chi connectivity index (χ2v) is 14.0. The van der Waals surface area contributed by atoms with Gasteiger partial charge in [-0.05, 0) is 40.9 Å². The first kappa shape index (κ1) is 19.1. The Morgan fingerprint density at radius 3 is 2.21 bits per heavy atom. The molecule has 0 bridgehead atoms. The highest BCUT2D eigenvalue weighted by Crippen LogP contribution is 2.49. The molecule has 0 aromatic heterocycles. The lowest BCUT2D eigenvalue weighted by molar-refractivity contribution is 0.270. The average molecular weight is 345 g/mol. The van der Waals surface area contributed by atoms with Crippen molar-refractivity contribution in [2.45, 2.75) is 77.6 Å². The Hall–Kier alpha value is -1.24. The highest BCUT2D eigenvalue weighted by atomic mass is 28.3. The molecule has 132 valence electrons. The zero-order chi connectivity index (χ0) is 18.3. The van der Waals surface area contributed by atoms with Crippen LogP contribution in [0, 0.1) is 11.5 Å². The van der Waals surface area contributed by atoms with Gasteiger partial charge in [-0.2, -0.15) is 0 Å². The molecule has 0 aliphatic heterocycles. The lowest BCUT2D eigenvalue weighted by Gasteiger charge is -2.43. The van der Waals surface area contributed by atoms with E-state index in [1.807, 2.05) is 0 Å². The molecular formula is C21H32O2Si. The maximum absolute atomic E-state index is 10.0. The summed E-state index contributed by atoms with van der Waals surface area (Å²) in [6.07, 6.45) is 2.28. The fraction of sp³-hybridized carbons (Fsp3) is 0.619. The molecule has 0 saturated carbocycles. The molecule has 0 radical (unpaired) electrons. The molecule has 0 fully saturated rings. The molecule has 0 saturated heterocycles. The first-order valence-electron chi connectivity index (χ1n) is 8.82. The number of aliphatic hydroxyl groups is 1. The summed E-state index contributed by atoms with van der Waals surface area (Å²) in [5, 5.41) is 10.0. The molecule has 0 atom stereocenters. The molecule has 0 amide bonds. The van der Waals surface area contributed by atoms with Crippen molar-refractivity contribution in [1.29, 1.82) is 0 Å². The van der Waals surface area contributed by atoms with Crippen molar-refractivity contribution < 1.29 is 9.84 Å². The minimum absolute atomic E-state index is 0.0390. The van der Waals surface area contributed by atoms with Crippen LogP contribution in [0.15, 0.2) is 6.07 Å². The second kappa shape index (κ2) is 6.24. The van der Waals surface area contributed by atoms with E-state index in [0.29, 0.717) is 0 Å². The van der Waals surface area contributed by atoms with Gasteiger partial charge in [0.05, 0.1) is 13.7 Å². The fourth-order valence-electron chi connectivity index (χ4n) is 3.55. The predicted molar refractivity (Wildman–Crippen MR) is 104 cm³/mol. The van der Waals surface area contributed by atoms with Gasteiger partial charge in [-0.25, -0.2) is 0 Å². The molecule has 2 rings (SSSR count). The summed E-state index contributed by atoms with van der Waals surface area (Å²) in [7, 11) is 0.164. The highest BCUT2D eigenvalue weighted by Gasteiger charge is 2.40. The summed E-state index contributed by atoms with van der Waals surface area (Å²) < 4.78 is 5.62. The van der Waals surface area contributed by atoms with E-state index in [9.17, 15) is 5.11 Å². The number of methoxy groups -OCH3 is 1. The monoisotopic (exact) mass is 344 g/mol. The van der Waals surface area contributed by atoms with Crippen LogP contribution in [0.1, 0.15) is 62.8 Å². The number of aliphatic hydroxyl groups excluding tert-OH is 1. The van der Waals surface area contributed by atoms with Crippen molar-refractivity contribution >= 4 is 8.07 Å². The number of rotatable bonds is 2.